The van der Waals surface area contributed by atoms with Crippen molar-refractivity contribution in [3.8, 4) is 0 Å². The number of hydrogen-bond donors (Lipinski definition) is 2. The van der Waals surface area contributed by atoms with E-state index in [0.29, 0.717) is 31.0 Å². The standard InChI is InChI=1S/C19H23F3N4.HI/c1-14(15-5-4-6-16(13-15)19(20,21)22)8-11-25-18(23)26-12-9-17-7-2-3-10-24-17;/h2-7,10,13-14H,8-9,11-12H2,1H3,(H3,23,25,26);1H. The van der Waals surface area contributed by atoms with E-state index in [4.69, 9.17) is 5.73 Å². The zero-order valence-corrected chi connectivity index (χ0v) is 17.4. The van der Waals surface area contributed by atoms with Crippen LogP contribution in [0.15, 0.2) is 53.7 Å². The Bertz CT molecular complexity index is 720. The first kappa shape index (κ1) is 23.2. The van der Waals surface area contributed by atoms with Gasteiger partial charge in [-0.2, -0.15) is 13.2 Å². The number of aromatic nitrogens is 1. The maximum absolute atomic E-state index is 12.8. The van der Waals surface area contributed by atoms with E-state index in [9.17, 15) is 13.2 Å². The third kappa shape index (κ3) is 8.15. The van der Waals surface area contributed by atoms with Gasteiger partial charge in [-0.15, -0.1) is 24.0 Å². The number of benzene rings is 1. The Balaban J connectivity index is 0.00000364. The molecule has 0 amide bonds. The molecule has 0 aliphatic carbocycles. The van der Waals surface area contributed by atoms with Crippen molar-refractivity contribution in [2.45, 2.75) is 31.9 Å². The Morgan fingerprint density at radius 2 is 2.00 bits per heavy atom. The molecule has 0 aliphatic heterocycles. The Labute approximate surface area is 174 Å². The maximum atomic E-state index is 12.8. The Morgan fingerprint density at radius 3 is 2.67 bits per heavy atom. The van der Waals surface area contributed by atoms with Crippen LogP contribution in [0, 0.1) is 0 Å². The topological polar surface area (TPSA) is 63.3 Å². The molecule has 1 aromatic heterocycles. The molecular weight excluding hydrogens is 468 g/mol. The number of halogens is 4. The molecule has 1 heterocycles. The normalized spacial score (nSPS) is 13.0. The minimum atomic E-state index is -4.32. The molecule has 2 rings (SSSR count). The fourth-order valence-corrected chi connectivity index (χ4v) is 2.49. The van der Waals surface area contributed by atoms with Crippen LogP contribution in [0.5, 0.6) is 0 Å². The van der Waals surface area contributed by atoms with E-state index in [1.54, 1.807) is 12.3 Å². The number of guanidine groups is 1. The second-order valence-corrected chi connectivity index (χ2v) is 6.08. The van der Waals surface area contributed by atoms with Gasteiger partial charge in [-0.1, -0.05) is 31.2 Å². The van der Waals surface area contributed by atoms with Crippen molar-refractivity contribution in [2.24, 2.45) is 10.7 Å². The van der Waals surface area contributed by atoms with Crippen molar-refractivity contribution >= 4 is 29.9 Å². The van der Waals surface area contributed by atoms with Gasteiger partial charge in [0.05, 0.1) is 5.56 Å². The lowest BCUT2D eigenvalue weighted by Gasteiger charge is -2.14. The number of alkyl halides is 3. The highest BCUT2D eigenvalue weighted by molar-refractivity contribution is 14.0. The highest BCUT2D eigenvalue weighted by Gasteiger charge is 2.30. The predicted molar refractivity (Wildman–Crippen MR) is 112 cm³/mol. The molecule has 0 aliphatic rings. The lowest BCUT2D eigenvalue weighted by molar-refractivity contribution is -0.137. The maximum Gasteiger partial charge on any atom is 0.416 e. The summed E-state index contributed by atoms with van der Waals surface area (Å²) < 4.78 is 38.3. The highest BCUT2D eigenvalue weighted by atomic mass is 127. The monoisotopic (exact) mass is 492 g/mol. The zero-order valence-electron chi connectivity index (χ0n) is 15.0. The number of rotatable bonds is 7. The van der Waals surface area contributed by atoms with Crippen LogP contribution in [0.2, 0.25) is 0 Å². The molecule has 1 aromatic carbocycles. The molecule has 0 saturated heterocycles. The summed E-state index contributed by atoms with van der Waals surface area (Å²) in [5, 5.41) is 3.01. The number of hydrogen-bond acceptors (Lipinski definition) is 2. The SMILES string of the molecule is CC(CCN=C(N)NCCc1ccccn1)c1cccc(C(F)(F)F)c1.I. The summed E-state index contributed by atoms with van der Waals surface area (Å²) in [6, 6.07) is 11.1. The average molecular weight is 492 g/mol. The second kappa shape index (κ2) is 11.1. The molecule has 148 valence electrons. The Hall–Kier alpha value is -1.84. The lowest BCUT2D eigenvalue weighted by atomic mass is 9.96. The first-order valence-corrected chi connectivity index (χ1v) is 8.47. The van der Waals surface area contributed by atoms with E-state index in [-0.39, 0.29) is 29.9 Å². The average Bonchev–Trinajstić information content (AvgIpc) is 2.62. The van der Waals surface area contributed by atoms with Crippen LogP contribution in [0.3, 0.4) is 0 Å². The van der Waals surface area contributed by atoms with E-state index in [0.717, 1.165) is 18.2 Å². The predicted octanol–water partition coefficient (Wildman–Crippen LogP) is 4.36. The molecule has 0 bridgehead atoms. The van der Waals surface area contributed by atoms with Gasteiger partial charge in [-0.05, 0) is 36.1 Å². The van der Waals surface area contributed by atoms with E-state index >= 15 is 0 Å². The molecule has 0 spiro atoms. The number of nitrogens with two attached hydrogens (primary N) is 1. The Morgan fingerprint density at radius 1 is 1.22 bits per heavy atom. The fraction of sp³-hybridized carbons (Fsp3) is 0.368. The number of nitrogens with zero attached hydrogens (tertiary/aromatic N) is 2. The summed E-state index contributed by atoms with van der Waals surface area (Å²) in [5.41, 5.74) is 6.80. The van der Waals surface area contributed by atoms with Crippen molar-refractivity contribution in [1.29, 1.82) is 0 Å². The van der Waals surface area contributed by atoms with Crippen LogP contribution >= 0.6 is 24.0 Å². The molecule has 0 fully saturated rings. The minimum Gasteiger partial charge on any atom is -0.370 e. The van der Waals surface area contributed by atoms with Crippen LogP contribution < -0.4 is 11.1 Å². The number of nitrogens with one attached hydrogen (secondary N) is 1. The molecule has 1 atom stereocenters. The third-order valence-electron chi connectivity index (χ3n) is 4.04. The van der Waals surface area contributed by atoms with Crippen molar-refractivity contribution < 1.29 is 13.2 Å². The van der Waals surface area contributed by atoms with Gasteiger partial charge >= 0.3 is 6.18 Å². The quantitative estimate of drug-likeness (QED) is 0.343. The molecule has 0 saturated carbocycles. The molecule has 3 N–H and O–H groups in total. The lowest BCUT2D eigenvalue weighted by Crippen LogP contribution is -2.33. The summed E-state index contributed by atoms with van der Waals surface area (Å²) in [4.78, 5) is 8.45. The fourth-order valence-electron chi connectivity index (χ4n) is 2.49. The van der Waals surface area contributed by atoms with Gasteiger partial charge in [0.15, 0.2) is 5.96 Å². The van der Waals surface area contributed by atoms with Crippen LogP contribution in [-0.4, -0.2) is 24.0 Å². The first-order chi connectivity index (χ1) is 12.4. The molecule has 27 heavy (non-hydrogen) atoms. The number of aliphatic imine (C=N–C) groups is 1. The minimum absolute atomic E-state index is 0. The van der Waals surface area contributed by atoms with Gasteiger partial charge in [0.2, 0.25) is 0 Å². The van der Waals surface area contributed by atoms with Crippen molar-refractivity contribution in [3.63, 3.8) is 0 Å². The summed E-state index contributed by atoms with van der Waals surface area (Å²) in [5.74, 6) is 0.291. The summed E-state index contributed by atoms with van der Waals surface area (Å²) in [6.45, 7) is 2.95. The molecule has 0 radical (unpaired) electrons. The second-order valence-electron chi connectivity index (χ2n) is 6.08. The van der Waals surface area contributed by atoms with Crippen LogP contribution in [0.4, 0.5) is 13.2 Å². The molecular formula is C19H24F3IN4. The van der Waals surface area contributed by atoms with Crippen molar-refractivity contribution in [2.75, 3.05) is 13.1 Å². The zero-order chi connectivity index (χ0) is 19.0. The van der Waals surface area contributed by atoms with Gasteiger partial charge < -0.3 is 11.1 Å². The first-order valence-electron chi connectivity index (χ1n) is 8.47. The van der Waals surface area contributed by atoms with Crippen molar-refractivity contribution in [1.82, 2.24) is 10.3 Å². The van der Waals surface area contributed by atoms with E-state index in [1.165, 1.54) is 12.1 Å². The van der Waals surface area contributed by atoms with Crippen LogP contribution in [0.1, 0.15) is 36.1 Å². The summed E-state index contributed by atoms with van der Waals surface area (Å²) >= 11 is 0. The largest absolute Gasteiger partial charge is 0.416 e. The third-order valence-corrected chi connectivity index (χ3v) is 4.04. The van der Waals surface area contributed by atoms with Gasteiger partial charge in [0.25, 0.3) is 0 Å². The van der Waals surface area contributed by atoms with Gasteiger partial charge in [0.1, 0.15) is 0 Å². The molecule has 8 heteroatoms. The van der Waals surface area contributed by atoms with Gasteiger partial charge in [-0.25, -0.2) is 0 Å². The van der Waals surface area contributed by atoms with E-state index in [2.05, 4.69) is 15.3 Å². The van der Waals surface area contributed by atoms with Gasteiger partial charge in [-0.3, -0.25) is 9.98 Å². The molecule has 4 nitrogen and oxygen atoms in total. The molecule has 2 aromatic rings. The van der Waals surface area contributed by atoms with E-state index in [1.807, 2.05) is 25.1 Å². The van der Waals surface area contributed by atoms with E-state index < -0.39 is 11.7 Å². The van der Waals surface area contributed by atoms with Crippen LogP contribution in [0.25, 0.3) is 0 Å². The smallest absolute Gasteiger partial charge is 0.370 e. The Kier molecular flexibility index (Phi) is 9.54. The van der Waals surface area contributed by atoms with Crippen molar-refractivity contribution in [3.05, 3.63) is 65.5 Å². The summed E-state index contributed by atoms with van der Waals surface area (Å²) in [7, 11) is 0. The highest BCUT2D eigenvalue weighted by Crippen LogP contribution is 2.31. The summed E-state index contributed by atoms with van der Waals surface area (Å²) in [6.07, 6.45) is -1.24. The van der Waals surface area contributed by atoms with Gasteiger partial charge in [0, 0.05) is 31.4 Å². The van der Waals surface area contributed by atoms with Crippen LogP contribution in [-0.2, 0) is 12.6 Å². The number of pyridine rings is 1. The molecule has 1 unspecified atom stereocenters.